The van der Waals surface area contributed by atoms with Gasteiger partial charge < -0.3 is 14.8 Å². The number of thioether (sulfide) groups is 1. The zero-order chi connectivity index (χ0) is 16.7. The molecule has 0 aromatic heterocycles. The van der Waals surface area contributed by atoms with Crippen LogP contribution in [0.1, 0.15) is 5.56 Å². The molecular weight excluding hydrogens is 310 g/mol. The fraction of sp³-hybridized carbons (Fsp3) is 0.167. The minimum Gasteiger partial charge on any atom is -0.493 e. The van der Waals surface area contributed by atoms with Crippen LogP contribution in [0.3, 0.4) is 0 Å². The first kappa shape index (κ1) is 17.0. The maximum absolute atomic E-state index is 12.1. The van der Waals surface area contributed by atoms with Crippen LogP contribution < -0.4 is 14.8 Å². The monoisotopic (exact) mass is 329 g/mol. The molecular formula is C18H19NO3S. The van der Waals surface area contributed by atoms with Crippen molar-refractivity contribution in [2.45, 2.75) is 4.90 Å². The Labute approximate surface area is 140 Å². The first-order valence-electron chi connectivity index (χ1n) is 7.02. The molecule has 0 saturated carbocycles. The fourth-order valence-corrected chi connectivity index (χ4v) is 2.55. The molecule has 0 atom stereocenters. The first-order valence-corrected chi connectivity index (χ1v) is 8.24. The van der Waals surface area contributed by atoms with E-state index in [2.05, 4.69) is 5.32 Å². The molecule has 4 nitrogen and oxygen atoms in total. The highest BCUT2D eigenvalue weighted by atomic mass is 32.2. The van der Waals surface area contributed by atoms with E-state index in [1.807, 2.05) is 48.7 Å². The smallest absolute Gasteiger partial charge is 0.248 e. The molecule has 0 radical (unpaired) electrons. The van der Waals surface area contributed by atoms with E-state index in [0.717, 1.165) is 16.1 Å². The molecule has 0 unspecified atom stereocenters. The average molecular weight is 329 g/mol. The third kappa shape index (κ3) is 4.53. The zero-order valence-corrected chi connectivity index (χ0v) is 14.1. The SMILES string of the molecule is COc1cccc(/C=C/C(=O)Nc2cccc(SC)c2)c1OC. The molecule has 0 spiro atoms. The van der Waals surface area contributed by atoms with E-state index in [1.54, 1.807) is 32.1 Å². The summed E-state index contributed by atoms with van der Waals surface area (Å²) < 4.78 is 10.6. The molecule has 0 saturated heterocycles. The van der Waals surface area contributed by atoms with E-state index in [0.29, 0.717) is 11.5 Å². The van der Waals surface area contributed by atoms with Crippen molar-refractivity contribution in [3.63, 3.8) is 0 Å². The van der Waals surface area contributed by atoms with Gasteiger partial charge in [-0.15, -0.1) is 11.8 Å². The molecule has 0 aliphatic carbocycles. The minimum atomic E-state index is -0.201. The molecule has 1 N–H and O–H groups in total. The number of anilines is 1. The van der Waals surface area contributed by atoms with Crippen LogP contribution in [0.2, 0.25) is 0 Å². The van der Waals surface area contributed by atoms with Crippen LogP contribution >= 0.6 is 11.8 Å². The molecule has 0 heterocycles. The van der Waals surface area contributed by atoms with Crippen molar-refractivity contribution in [3.8, 4) is 11.5 Å². The number of nitrogens with one attached hydrogen (secondary N) is 1. The summed E-state index contributed by atoms with van der Waals surface area (Å²) in [7, 11) is 3.15. The Hall–Kier alpha value is -2.40. The summed E-state index contributed by atoms with van der Waals surface area (Å²) in [6.07, 6.45) is 5.17. The lowest BCUT2D eigenvalue weighted by Gasteiger charge is -2.09. The van der Waals surface area contributed by atoms with Crippen molar-refractivity contribution in [1.29, 1.82) is 0 Å². The molecule has 5 heteroatoms. The summed E-state index contributed by atoms with van der Waals surface area (Å²) in [6, 6.07) is 13.2. The topological polar surface area (TPSA) is 47.6 Å². The molecule has 0 bridgehead atoms. The largest absolute Gasteiger partial charge is 0.493 e. The predicted molar refractivity (Wildman–Crippen MR) is 95.4 cm³/mol. The van der Waals surface area contributed by atoms with Crippen LogP contribution in [0.15, 0.2) is 53.4 Å². The fourth-order valence-electron chi connectivity index (χ4n) is 2.09. The first-order chi connectivity index (χ1) is 11.2. The van der Waals surface area contributed by atoms with Crippen molar-refractivity contribution in [1.82, 2.24) is 0 Å². The van der Waals surface area contributed by atoms with Crippen molar-refractivity contribution >= 4 is 29.4 Å². The highest BCUT2D eigenvalue weighted by Crippen LogP contribution is 2.31. The second-order valence-electron chi connectivity index (χ2n) is 4.64. The number of hydrogen-bond acceptors (Lipinski definition) is 4. The standard InChI is InChI=1S/C18H19NO3S/c1-21-16-9-4-6-13(18(16)22-2)10-11-17(20)19-14-7-5-8-15(12-14)23-3/h4-12H,1-3H3,(H,19,20)/b11-10+. The second kappa shape index (κ2) is 8.29. The Kier molecular flexibility index (Phi) is 6.11. The Morgan fingerprint density at radius 2 is 1.91 bits per heavy atom. The van der Waals surface area contributed by atoms with Crippen molar-refractivity contribution in [2.24, 2.45) is 0 Å². The van der Waals surface area contributed by atoms with Crippen LogP contribution in [-0.4, -0.2) is 26.4 Å². The van der Waals surface area contributed by atoms with E-state index in [4.69, 9.17) is 9.47 Å². The number of hydrogen-bond donors (Lipinski definition) is 1. The molecule has 1 amide bonds. The summed E-state index contributed by atoms with van der Waals surface area (Å²) in [5, 5.41) is 2.84. The van der Waals surface area contributed by atoms with Crippen LogP contribution in [0.5, 0.6) is 11.5 Å². The lowest BCUT2D eigenvalue weighted by molar-refractivity contribution is -0.111. The van der Waals surface area contributed by atoms with Gasteiger partial charge in [-0.25, -0.2) is 0 Å². The molecule has 23 heavy (non-hydrogen) atoms. The molecule has 2 rings (SSSR count). The Bertz CT molecular complexity index is 713. The quantitative estimate of drug-likeness (QED) is 0.641. The van der Waals surface area contributed by atoms with Gasteiger partial charge in [0.15, 0.2) is 11.5 Å². The molecule has 0 aliphatic rings. The van der Waals surface area contributed by atoms with Crippen LogP contribution in [0.4, 0.5) is 5.69 Å². The Morgan fingerprint density at radius 1 is 1.13 bits per heavy atom. The third-order valence-corrected chi connectivity index (χ3v) is 3.91. The van der Waals surface area contributed by atoms with Gasteiger partial charge in [0.25, 0.3) is 0 Å². The summed E-state index contributed by atoms with van der Waals surface area (Å²) in [4.78, 5) is 13.2. The lowest BCUT2D eigenvalue weighted by atomic mass is 10.1. The molecule has 2 aromatic rings. The average Bonchev–Trinajstić information content (AvgIpc) is 2.59. The van der Waals surface area contributed by atoms with Gasteiger partial charge in [0, 0.05) is 22.2 Å². The molecule has 0 aliphatic heterocycles. The number of ether oxygens (including phenoxy) is 2. The number of amides is 1. The summed E-state index contributed by atoms with van der Waals surface area (Å²) in [5.74, 6) is 1.03. The second-order valence-corrected chi connectivity index (χ2v) is 5.52. The van der Waals surface area contributed by atoms with Gasteiger partial charge in [-0.05, 0) is 36.6 Å². The van der Waals surface area contributed by atoms with Gasteiger partial charge >= 0.3 is 0 Å². The summed E-state index contributed by atoms with van der Waals surface area (Å²) >= 11 is 1.63. The number of para-hydroxylation sites is 1. The Morgan fingerprint density at radius 3 is 2.61 bits per heavy atom. The number of methoxy groups -OCH3 is 2. The summed E-state index contributed by atoms with van der Waals surface area (Å²) in [5.41, 5.74) is 1.55. The maximum atomic E-state index is 12.1. The number of carbonyl (C=O) groups is 1. The number of rotatable bonds is 6. The van der Waals surface area contributed by atoms with E-state index in [-0.39, 0.29) is 5.91 Å². The van der Waals surface area contributed by atoms with Gasteiger partial charge in [0.2, 0.25) is 5.91 Å². The van der Waals surface area contributed by atoms with Gasteiger partial charge in [-0.2, -0.15) is 0 Å². The van der Waals surface area contributed by atoms with Gasteiger partial charge in [0.05, 0.1) is 14.2 Å². The third-order valence-electron chi connectivity index (χ3n) is 3.18. The van der Waals surface area contributed by atoms with E-state index in [1.165, 1.54) is 6.08 Å². The van der Waals surface area contributed by atoms with E-state index in [9.17, 15) is 4.79 Å². The highest BCUT2D eigenvalue weighted by molar-refractivity contribution is 7.98. The van der Waals surface area contributed by atoms with Crippen LogP contribution in [0, 0.1) is 0 Å². The minimum absolute atomic E-state index is 0.201. The Balaban J connectivity index is 2.12. The van der Waals surface area contributed by atoms with Crippen molar-refractivity contribution < 1.29 is 14.3 Å². The predicted octanol–water partition coefficient (Wildman–Crippen LogP) is 4.08. The summed E-state index contributed by atoms with van der Waals surface area (Å²) in [6.45, 7) is 0. The van der Waals surface area contributed by atoms with Crippen molar-refractivity contribution in [3.05, 3.63) is 54.1 Å². The maximum Gasteiger partial charge on any atom is 0.248 e. The molecule has 120 valence electrons. The number of carbonyl (C=O) groups excluding carboxylic acids is 1. The molecule has 2 aromatic carbocycles. The van der Waals surface area contributed by atoms with E-state index >= 15 is 0 Å². The van der Waals surface area contributed by atoms with Gasteiger partial charge in [-0.3, -0.25) is 4.79 Å². The molecule has 0 fully saturated rings. The van der Waals surface area contributed by atoms with Crippen LogP contribution in [0.25, 0.3) is 6.08 Å². The zero-order valence-electron chi connectivity index (χ0n) is 13.3. The lowest BCUT2D eigenvalue weighted by Crippen LogP contribution is -2.07. The number of benzene rings is 2. The normalized spacial score (nSPS) is 10.6. The van der Waals surface area contributed by atoms with Gasteiger partial charge in [0.1, 0.15) is 0 Å². The highest BCUT2D eigenvalue weighted by Gasteiger charge is 2.07. The van der Waals surface area contributed by atoms with E-state index < -0.39 is 0 Å². The van der Waals surface area contributed by atoms with Crippen molar-refractivity contribution in [2.75, 3.05) is 25.8 Å². The van der Waals surface area contributed by atoms with Crippen LogP contribution in [-0.2, 0) is 4.79 Å². The van der Waals surface area contributed by atoms with Gasteiger partial charge in [-0.1, -0.05) is 18.2 Å².